The average Bonchev–Trinajstić information content (AvgIpc) is 2.66. The molecular weight excluding hydrogens is 242 g/mol. The van der Waals surface area contributed by atoms with Crippen LogP contribution in [0.25, 0.3) is 0 Å². The van der Waals surface area contributed by atoms with Crippen molar-refractivity contribution >= 4 is 16.5 Å². The lowest BCUT2D eigenvalue weighted by Crippen LogP contribution is -2.18. The molecule has 1 fully saturated rings. The Kier molecular flexibility index (Phi) is 4.98. The van der Waals surface area contributed by atoms with Crippen molar-refractivity contribution in [3.63, 3.8) is 0 Å². The molecule has 1 aliphatic rings. The van der Waals surface area contributed by atoms with E-state index in [2.05, 4.69) is 36.3 Å². The lowest BCUT2D eigenvalue weighted by Gasteiger charge is -2.18. The molecule has 1 aliphatic carbocycles. The van der Waals surface area contributed by atoms with Gasteiger partial charge in [-0.15, -0.1) is 10.2 Å². The zero-order valence-corrected chi connectivity index (χ0v) is 12.6. The molecule has 2 unspecified atom stereocenters. The van der Waals surface area contributed by atoms with Crippen LogP contribution in [0.1, 0.15) is 57.9 Å². The highest BCUT2D eigenvalue weighted by molar-refractivity contribution is 7.15. The predicted octanol–water partition coefficient (Wildman–Crippen LogP) is 4.12. The lowest BCUT2D eigenvalue weighted by atomic mass is 9.89. The van der Waals surface area contributed by atoms with E-state index in [4.69, 9.17) is 0 Å². The number of nitrogens with one attached hydrogen (secondary N) is 1. The van der Waals surface area contributed by atoms with Gasteiger partial charge >= 0.3 is 0 Å². The van der Waals surface area contributed by atoms with Crippen molar-refractivity contribution in [3.8, 4) is 0 Å². The van der Waals surface area contributed by atoms with Gasteiger partial charge in [0.15, 0.2) is 0 Å². The molecule has 1 aromatic rings. The largest absolute Gasteiger partial charge is 0.357 e. The van der Waals surface area contributed by atoms with Crippen LogP contribution in [0.2, 0.25) is 0 Å². The second-order valence-corrected chi connectivity index (χ2v) is 6.77. The van der Waals surface area contributed by atoms with E-state index in [0.717, 1.165) is 28.4 Å². The van der Waals surface area contributed by atoms with Gasteiger partial charge in [0.1, 0.15) is 5.01 Å². The minimum Gasteiger partial charge on any atom is -0.357 e. The van der Waals surface area contributed by atoms with Crippen LogP contribution in [-0.4, -0.2) is 16.2 Å². The predicted molar refractivity (Wildman–Crippen MR) is 78.1 cm³/mol. The van der Waals surface area contributed by atoms with Crippen molar-refractivity contribution in [2.75, 3.05) is 5.32 Å². The molecule has 1 aromatic heterocycles. The Morgan fingerprint density at radius 1 is 1.22 bits per heavy atom. The summed E-state index contributed by atoms with van der Waals surface area (Å²) in [5.41, 5.74) is 0. The molecule has 0 radical (unpaired) electrons. The fourth-order valence-electron chi connectivity index (χ4n) is 2.77. The molecule has 0 aliphatic heterocycles. The smallest absolute Gasteiger partial charge is 0.205 e. The second-order valence-electron chi connectivity index (χ2n) is 5.71. The Morgan fingerprint density at radius 3 is 2.72 bits per heavy atom. The van der Waals surface area contributed by atoms with Crippen molar-refractivity contribution in [3.05, 3.63) is 5.01 Å². The van der Waals surface area contributed by atoms with E-state index in [-0.39, 0.29) is 0 Å². The van der Waals surface area contributed by atoms with Crippen LogP contribution in [0, 0.1) is 11.8 Å². The first-order valence-electron chi connectivity index (χ1n) is 7.28. The first-order chi connectivity index (χ1) is 8.69. The van der Waals surface area contributed by atoms with Gasteiger partial charge in [-0.1, -0.05) is 44.9 Å². The number of aromatic nitrogens is 2. The summed E-state index contributed by atoms with van der Waals surface area (Å²) < 4.78 is 0. The van der Waals surface area contributed by atoms with Crippen molar-refractivity contribution < 1.29 is 0 Å². The van der Waals surface area contributed by atoms with Gasteiger partial charge in [0, 0.05) is 6.04 Å². The second kappa shape index (κ2) is 6.50. The molecule has 4 heteroatoms. The minimum atomic E-state index is 0.603. The van der Waals surface area contributed by atoms with Crippen molar-refractivity contribution in [1.29, 1.82) is 0 Å². The zero-order chi connectivity index (χ0) is 13.0. The van der Waals surface area contributed by atoms with Crippen molar-refractivity contribution in [2.45, 2.75) is 65.3 Å². The molecule has 3 nitrogen and oxygen atoms in total. The van der Waals surface area contributed by atoms with Gasteiger partial charge in [0.25, 0.3) is 0 Å². The molecule has 0 saturated heterocycles. The molecule has 0 spiro atoms. The first kappa shape index (κ1) is 13.8. The number of hydrogen-bond donors (Lipinski definition) is 1. The maximum absolute atomic E-state index is 4.22. The normalized spacial score (nSPS) is 25.1. The molecule has 0 bridgehead atoms. The maximum Gasteiger partial charge on any atom is 0.205 e. The molecule has 18 heavy (non-hydrogen) atoms. The summed E-state index contributed by atoms with van der Waals surface area (Å²) in [5.74, 6) is 1.74. The van der Waals surface area contributed by atoms with E-state index >= 15 is 0 Å². The van der Waals surface area contributed by atoms with Gasteiger partial charge in [-0.2, -0.15) is 0 Å². The highest BCUT2D eigenvalue weighted by atomic mass is 32.1. The van der Waals surface area contributed by atoms with Crippen LogP contribution in [0.4, 0.5) is 5.13 Å². The maximum atomic E-state index is 4.22. The molecular formula is C14H25N3S. The average molecular weight is 267 g/mol. The highest BCUT2D eigenvalue weighted by Gasteiger charge is 2.21. The van der Waals surface area contributed by atoms with Crippen LogP contribution < -0.4 is 5.32 Å². The Bertz CT molecular complexity index is 362. The number of anilines is 1. The minimum absolute atomic E-state index is 0.603. The van der Waals surface area contributed by atoms with E-state index in [0.29, 0.717) is 6.04 Å². The third-order valence-corrected chi connectivity index (χ3v) is 5.05. The quantitative estimate of drug-likeness (QED) is 0.834. The van der Waals surface area contributed by atoms with E-state index in [1.807, 2.05) is 0 Å². The third kappa shape index (κ3) is 3.67. The van der Waals surface area contributed by atoms with Crippen LogP contribution in [-0.2, 0) is 6.42 Å². The fraction of sp³-hybridized carbons (Fsp3) is 0.857. The molecule has 2 atom stereocenters. The SMILES string of the molecule is CCc1nnc(NC2CCCC(C(C)C)CC2)s1. The van der Waals surface area contributed by atoms with Gasteiger partial charge in [0.2, 0.25) is 5.13 Å². The topological polar surface area (TPSA) is 37.8 Å². The molecule has 1 saturated carbocycles. The summed E-state index contributed by atoms with van der Waals surface area (Å²) >= 11 is 1.71. The number of nitrogens with zero attached hydrogens (tertiary/aromatic N) is 2. The highest BCUT2D eigenvalue weighted by Crippen LogP contribution is 2.30. The summed E-state index contributed by atoms with van der Waals surface area (Å²) in [6.45, 7) is 6.84. The Hall–Kier alpha value is -0.640. The summed E-state index contributed by atoms with van der Waals surface area (Å²) in [6, 6.07) is 0.603. The molecule has 1 heterocycles. The summed E-state index contributed by atoms with van der Waals surface area (Å²) in [4.78, 5) is 0. The van der Waals surface area contributed by atoms with Crippen LogP contribution in [0.3, 0.4) is 0 Å². The van der Waals surface area contributed by atoms with Gasteiger partial charge in [-0.3, -0.25) is 0 Å². The summed E-state index contributed by atoms with van der Waals surface area (Å²) in [5, 5.41) is 14.1. The Labute approximate surface area is 114 Å². The molecule has 102 valence electrons. The summed E-state index contributed by atoms with van der Waals surface area (Å²) in [6.07, 6.45) is 7.65. The van der Waals surface area contributed by atoms with Gasteiger partial charge < -0.3 is 5.32 Å². The van der Waals surface area contributed by atoms with E-state index < -0.39 is 0 Å². The first-order valence-corrected chi connectivity index (χ1v) is 8.09. The number of aryl methyl sites for hydroxylation is 1. The van der Waals surface area contributed by atoms with E-state index in [1.165, 1.54) is 32.1 Å². The molecule has 0 amide bonds. The fourth-order valence-corrected chi connectivity index (χ4v) is 3.53. The molecule has 0 aromatic carbocycles. The van der Waals surface area contributed by atoms with Crippen molar-refractivity contribution in [2.24, 2.45) is 11.8 Å². The Balaban J connectivity index is 1.86. The lowest BCUT2D eigenvalue weighted by molar-refractivity contribution is 0.341. The van der Waals surface area contributed by atoms with E-state index in [9.17, 15) is 0 Å². The Morgan fingerprint density at radius 2 is 2.06 bits per heavy atom. The standard InChI is InChI=1S/C14H25N3S/c1-4-13-16-17-14(18-13)15-12-7-5-6-11(8-9-12)10(2)3/h10-12H,4-9H2,1-3H3,(H,15,17). The monoisotopic (exact) mass is 267 g/mol. The summed E-state index contributed by atoms with van der Waals surface area (Å²) in [7, 11) is 0. The number of hydrogen-bond acceptors (Lipinski definition) is 4. The zero-order valence-electron chi connectivity index (χ0n) is 11.8. The number of rotatable bonds is 4. The van der Waals surface area contributed by atoms with Crippen LogP contribution in [0.5, 0.6) is 0 Å². The van der Waals surface area contributed by atoms with Gasteiger partial charge in [0.05, 0.1) is 0 Å². The van der Waals surface area contributed by atoms with Gasteiger partial charge in [-0.25, -0.2) is 0 Å². The van der Waals surface area contributed by atoms with Crippen LogP contribution >= 0.6 is 11.3 Å². The molecule has 1 N–H and O–H groups in total. The third-order valence-electron chi connectivity index (χ3n) is 4.05. The molecule has 2 rings (SSSR count). The van der Waals surface area contributed by atoms with Crippen LogP contribution in [0.15, 0.2) is 0 Å². The van der Waals surface area contributed by atoms with E-state index in [1.54, 1.807) is 11.3 Å². The van der Waals surface area contributed by atoms with Gasteiger partial charge in [-0.05, 0) is 37.5 Å². The van der Waals surface area contributed by atoms with Crippen molar-refractivity contribution in [1.82, 2.24) is 10.2 Å².